The first-order chi connectivity index (χ1) is 9.56. The molecule has 0 aliphatic carbocycles. The SMILES string of the molecule is CN(Cc1ccccc1)Cc1ccc(F)c(C(N)=S)c1. The quantitative estimate of drug-likeness (QED) is 0.857. The molecule has 20 heavy (non-hydrogen) atoms. The molecule has 2 aromatic carbocycles. The van der Waals surface area contributed by atoms with Crippen molar-refractivity contribution in [3.63, 3.8) is 0 Å². The summed E-state index contributed by atoms with van der Waals surface area (Å²) >= 11 is 4.85. The van der Waals surface area contributed by atoms with Gasteiger partial charge in [0.15, 0.2) is 0 Å². The van der Waals surface area contributed by atoms with Crippen molar-refractivity contribution in [1.29, 1.82) is 0 Å². The van der Waals surface area contributed by atoms with E-state index < -0.39 is 0 Å². The summed E-state index contributed by atoms with van der Waals surface area (Å²) in [6.45, 7) is 1.55. The first kappa shape index (κ1) is 14.6. The largest absolute Gasteiger partial charge is 0.389 e. The molecule has 0 saturated carbocycles. The summed E-state index contributed by atoms with van der Waals surface area (Å²) in [4.78, 5) is 2.25. The van der Waals surface area contributed by atoms with Crippen LogP contribution in [0.5, 0.6) is 0 Å². The first-order valence-electron chi connectivity index (χ1n) is 6.37. The second-order valence-electron chi connectivity index (χ2n) is 4.84. The van der Waals surface area contributed by atoms with Crippen LogP contribution in [-0.4, -0.2) is 16.9 Å². The predicted molar refractivity (Wildman–Crippen MR) is 83.9 cm³/mol. The minimum atomic E-state index is -0.369. The first-order valence-corrected chi connectivity index (χ1v) is 6.78. The van der Waals surface area contributed by atoms with Crippen LogP contribution in [-0.2, 0) is 13.1 Å². The Labute approximate surface area is 124 Å². The second-order valence-corrected chi connectivity index (χ2v) is 5.28. The lowest BCUT2D eigenvalue weighted by atomic mass is 10.1. The maximum atomic E-state index is 13.5. The zero-order valence-corrected chi connectivity index (χ0v) is 12.2. The van der Waals surface area contributed by atoms with E-state index in [1.807, 2.05) is 25.2 Å². The number of benzene rings is 2. The Kier molecular flexibility index (Phi) is 4.82. The summed E-state index contributed by atoms with van der Waals surface area (Å²) in [7, 11) is 2.02. The summed E-state index contributed by atoms with van der Waals surface area (Å²) < 4.78 is 13.5. The average Bonchev–Trinajstić information content (AvgIpc) is 2.41. The molecule has 0 radical (unpaired) electrons. The topological polar surface area (TPSA) is 29.3 Å². The Morgan fingerprint density at radius 2 is 1.75 bits per heavy atom. The molecule has 0 unspecified atom stereocenters. The van der Waals surface area contributed by atoms with Crippen LogP contribution in [0.15, 0.2) is 48.5 Å². The summed E-state index contributed by atoms with van der Waals surface area (Å²) in [5.74, 6) is -0.369. The van der Waals surface area contributed by atoms with Gasteiger partial charge in [0.2, 0.25) is 0 Å². The van der Waals surface area contributed by atoms with Gasteiger partial charge in [-0.15, -0.1) is 0 Å². The van der Waals surface area contributed by atoms with Gasteiger partial charge in [-0.2, -0.15) is 0 Å². The lowest BCUT2D eigenvalue weighted by molar-refractivity contribution is 0.319. The van der Waals surface area contributed by atoms with E-state index in [0.29, 0.717) is 12.1 Å². The molecule has 2 N–H and O–H groups in total. The molecule has 2 aromatic rings. The Morgan fingerprint density at radius 3 is 2.40 bits per heavy atom. The minimum Gasteiger partial charge on any atom is -0.389 e. The van der Waals surface area contributed by atoms with E-state index in [4.69, 9.17) is 18.0 Å². The van der Waals surface area contributed by atoms with Crippen molar-refractivity contribution in [3.8, 4) is 0 Å². The fraction of sp³-hybridized carbons (Fsp3) is 0.188. The molecule has 0 amide bonds. The zero-order valence-electron chi connectivity index (χ0n) is 11.3. The van der Waals surface area contributed by atoms with E-state index in [0.717, 1.165) is 12.1 Å². The summed E-state index contributed by atoms with van der Waals surface area (Å²) in [5.41, 5.74) is 8.06. The van der Waals surface area contributed by atoms with Gasteiger partial charge in [0, 0.05) is 18.7 Å². The van der Waals surface area contributed by atoms with Gasteiger partial charge in [0.05, 0.1) is 0 Å². The van der Waals surface area contributed by atoms with Crippen molar-refractivity contribution in [1.82, 2.24) is 4.90 Å². The third-order valence-electron chi connectivity index (χ3n) is 3.04. The number of thiocarbonyl (C=S) groups is 1. The molecular formula is C16H17FN2S. The third-order valence-corrected chi connectivity index (χ3v) is 3.26. The Bertz CT molecular complexity index is 599. The molecule has 0 aliphatic rings. The zero-order chi connectivity index (χ0) is 14.5. The highest BCUT2D eigenvalue weighted by molar-refractivity contribution is 7.80. The van der Waals surface area contributed by atoms with Crippen LogP contribution in [0.4, 0.5) is 4.39 Å². The second kappa shape index (κ2) is 6.59. The molecule has 0 aliphatic heterocycles. The molecule has 104 valence electrons. The van der Waals surface area contributed by atoms with E-state index in [2.05, 4.69) is 17.0 Å². The van der Waals surface area contributed by atoms with Gasteiger partial charge in [0.1, 0.15) is 10.8 Å². The third kappa shape index (κ3) is 3.85. The molecule has 2 rings (SSSR count). The van der Waals surface area contributed by atoms with Gasteiger partial charge in [-0.1, -0.05) is 48.6 Å². The van der Waals surface area contributed by atoms with Gasteiger partial charge >= 0.3 is 0 Å². The van der Waals surface area contributed by atoms with Gasteiger partial charge < -0.3 is 5.73 Å². The lowest BCUT2D eigenvalue weighted by Gasteiger charge is -2.17. The highest BCUT2D eigenvalue weighted by Gasteiger charge is 2.08. The smallest absolute Gasteiger partial charge is 0.133 e. The van der Waals surface area contributed by atoms with Crippen LogP contribution in [0.1, 0.15) is 16.7 Å². The number of nitrogens with two attached hydrogens (primary N) is 1. The van der Waals surface area contributed by atoms with Crippen LogP contribution in [0, 0.1) is 5.82 Å². The highest BCUT2D eigenvalue weighted by Crippen LogP contribution is 2.13. The molecule has 4 heteroatoms. The normalized spacial score (nSPS) is 10.8. The molecule has 0 atom stereocenters. The summed E-state index contributed by atoms with van der Waals surface area (Å²) in [6, 6.07) is 15.1. The van der Waals surface area contributed by atoms with Crippen molar-refractivity contribution in [2.24, 2.45) is 5.73 Å². The van der Waals surface area contributed by atoms with Gasteiger partial charge in [-0.3, -0.25) is 4.90 Å². The van der Waals surface area contributed by atoms with Crippen molar-refractivity contribution in [2.45, 2.75) is 13.1 Å². The molecule has 0 fully saturated rings. The van der Waals surface area contributed by atoms with Gasteiger partial charge in [-0.25, -0.2) is 4.39 Å². The molecular weight excluding hydrogens is 271 g/mol. The van der Waals surface area contributed by atoms with Gasteiger partial charge in [0.25, 0.3) is 0 Å². The van der Waals surface area contributed by atoms with Crippen LogP contribution >= 0.6 is 12.2 Å². The molecule has 0 saturated heterocycles. The molecule has 2 nitrogen and oxygen atoms in total. The molecule has 0 bridgehead atoms. The maximum Gasteiger partial charge on any atom is 0.133 e. The number of halogens is 1. The Hall–Kier alpha value is -1.78. The van der Waals surface area contributed by atoms with Crippen molar-refractivity contribution in [3.05, 3.63) is 71.0 Å². The summed E-state index contributed by atoms with van der Waals surface area (Å²) in [6.07, 6.45) is 0. The maximum absolute atomic E-state index is 13.5. The monoisotopic (exact) mass is 288 g/mol. The van der Waals surface area contributed by atoms with Crippen LogP contribution in [0.25, 0.3) is 0 Å². The highest BCUT2D eigenvalue weighted by atomic mass is 32.1. The van der Waals surface area contributed by atoms with E-state index in [1.54, 1.807) is 12.1 Å². The fourth-order valence-electron chi connectivity index (χ4n) is 2.12. The molecule has 0 aromatic heterocycles. The summed E-state index contributed by atoms with van der Waals surface area (Å²) in [5, 5.41) is 0. The van der Waals surface area contributed by atoms with Crippen molar-refractivity contribution in [2.75, 3.05) is 7.05 Å². The molecule has 0 heterocycles. The van der Waals surface area contributed by atoms with Crippen molar-refractivity contribution < 1.29 is 4.39 Å². The molecule has 0 spiro atoms. The number of nitrogens with zero attached hydrogens (tertiary/aromatic N) is 1. The Morgan fingerprint density at radius 1 is 1.10 bits per heavy atom. The van der Waals surface area contributed by atoms with E-state index in [1.165, 1.54) is 11.6 Å². The van der Waals surface area contributed by atoms with E-state index >= 15 is 0 Å². The number of rotatable bonds is 5. The van der Waals surface area contributed by atoms with E-state index in [9.17, 15) is 4.39 Å². The standard InChI is InChI=1S/C16H17FN2S/c1-19(10-12-5-3-2-4-6-12)11-13-7-8-15(17)14(9-13)16(18)20/h2-9H,10-11H2,1H3,(H2,18,20). The van der Waals surface area contributed by atoms with Crippen LogP contribution in [0.3, 0.4) is 0 Å². The van der Waals surface area contributed by atoms with Gasteiger partial charge in [-0.05, 0) is 30.3 Å². The lowest BCUT2D eigenvalue weighted by Crippen LogP contribution is -2.18. The van der Waals surface area contributed by atoms with Crippen LogP contribution in [0.2, 0.25) is 0 Å². The minimum absolute atomic E-state index is 0.0927. The Balaban J connectivity index is 2.06. The van der Waals surface area contributed by atoms with Crippen LogP contribution < -0.4 is 5.73 Å². The average molecular weight is 288 g/mol. The number of hydrogen-bond acceptors (Lipinski definition) is 2. The number of hydrogen-bond donors (Lipinski definition) is 1. The predicted octanol–water partition coefficient (Wildman–Crippen LogP) is 3.09. The van der Waals surface area contributed by atoms with E-state index in [-0.39, 0.29) is 10.8 Å². The van der Waals surface area contributed by atoms with Crippen molar-refractivity contribution >= 4 is 17.2 Å². The fourth-order valence-corrected chi connectivity index (χ4v) is 2.28.